The SMILES string of the molecule is CN(C)CCN(C(=O)c1ccc(N(C)C)cc1)c1nc2ccc(Cl)cc2s1. The molecule has 142 valence electrons. The molecule has 0 unspecified atom stereocenters. The van der Waals surface area contributed by atoms with E-state index in [1.807, 2.05) is 75.6 Å². The third-order valence-electron chi connectivity index (χ3n) is 4.22. The first-order chi connectivity index (χ1) is 12.8. The summed E-state index contributed by atoms with van der Waals surface area (Å²) < 4.78 is 0.975. The summed E-state index contributed by atoms with van der Waals surface area (Å²) in [5.41, 5.74) is 2.56. The topological polar surface area (TPSA) is 39.7 Å². The average molecular weight is 403 g/mol. The van der Waals surface area contributed by atoms with Crippen LogP contribution in [0.1, 0.15) is 10.4 Å². The fourth-order valence-corrected chi connectivity index (χ4v) is 3.91. The zero-order valence-electron chi connectivity index (χ0n) is 15.9. The summed E-state index contributed by atoms with van der Waals surface area (Å²) in [4.78, 5) is 23.7. The van der Waals surface area contributed by atoms with E-state index in [9.17, 15) is 4.79 Å². The van der Waals surface area contributed by atoms with Gasteiger partial charge in [-0.1, -0.05) is 22.9 Å². The Kier molecular flexibility index (Phi) is 5.99. The molecule has 0 saturated carbocycles. The molecule has 1 heterocycles. The lowest BCUT2D eigenvalue weighted by Crippen LogP contribution is -2.36. The molecule has 0 saturated heterocycles. The number of anilines is 2. The maximum Gasteiger partial charge on any atom is 0.260 e. The molecule has 0 aliphatic carbocycles. The maximum atomic E-state index is 13.2. The molecule has 0 aliphatic rings. The van der Waals surface area contributed by atoms with Crippen LogP contribution in [-0.2, 0) is 0 Å². The molecular formula is C20H23ClN4OS. The highest BCUT2D eigenvalue weighted by Gasteiger charge is 2.21. The van der Waals surface area contributed by atoms with Gasteiger partial charge < -0.3 is 9.80 Å². The van der Waals surface area contributed by atoms with E-state index in [4.69, 9.17) is 11.6 Å². The van der Waals surface area contributed by atoms with Crippen LogP contribution in [0.3, 0.4) is 0 Å². The van der Waals surface area contributed by atoms with Crippen LogP contribution >= 0.6 is 22.9 Å². The molecule has 1 amide bonds. The molecule has 27 heavy (non-hydrogen) atoms. The largest absolute Gasteiger partial charge is 0.378 e. The van der Waals surface area contributed by atoms with E-state index in [0.29, 0.717) is 22.3 Å². The second-order valence-corrected chi connectivity index (χ2v) is 8.26. The van der Waals surface area contributed by atoms with Gasteiger partial charge in [0, 0.05) is 43.5 Å². The number of rotatable bonds is 6. The lowest BCUT2D eigenvalue weighted by molar-refractivity contribution is 0.0985. The van der Waals surface area contributed by atoms with E-state index < -0.39 is 0 Å². The highest BCUT2D eigenvalue weighted by Crippen LogP contribution is 2.31. The number of carbonyl (C=O) groups excluding carboxylic acids is 1. The Hall–Kier alpha value is -2.15. The van der Waals surface area contributed by atoms with E-state index in [-0.39, 0.29) is 5.91 Å². The van der Waals surface area contributed by atoms with Gasteiger partial charge in [-0.15, -0.1) is 0 Å². The van der Waals surface area contributed by atoms with Gasteiger partial charge in [-0.2, -0.15) is 0 Å². The minimum absolute atomic E-state index is 0.0488. The minimum Gasteiger partial charge on any atom is -0.378 e. The Morgan fingerprint density at radius 3 is 2.37 bits per heavy atom. The number of fused-ring (bicyclic) bond motifs is 1. The second kappa shape index (κ2) is 8.25. The standard InChI is InChI=1S/C20H23ClN4OS/c1-23(2)11-12-25(19(26)14-5-8-16(9-6-14)24(3)4)20-22-17-10-7-15(21)13-18(17)27-20/h5-10,13H,11-12H2,1-4H3. The van der Waals surface area contributed by atoms with Crippen LogP contribution in [0.15, 0.2) is 42.5 Å². The highest BCUT2D eigenvalue weighted by atomic mass is 35.5. The number of nitrogens with zero attached hydrogens (tertiary/aromatic N) is 4. The first kappa shape index (κ1) is 19.6. The number of benzene rings is 2. The summed E-state index contributed by atoms with van der Waals surface area (Å²) in [7, 11) is 7.94. The van der Waals surface area contributed by atoms with E-state index in [2.05, 4.69) is 9.88 Å². The molecule has 0 spiro atoms. The van der Waals surface area contributed by atoms with Gasteiger partial charge in [0.05, 0.1) is 10.2 Å². The number of likely N-dealkylation sites (N-methyl/N-ethyl adjacent to an activating group) is 1. The molecule has 0 radical (unpaired) electrons. The summed E-state index contributed by atoms with van der Waals surface area (Å²) >= 11 is 7.58. The van der Waals surface area contributed by atoms with Crippen molar-refractivity contribution in [3.05, 3.63) is 53.1 Å². The highest BCUT2D eigenvalue weighted by molar-refractivity contribution is 7.22. The Bertz CT molecular complexity index is 937. The summed E-state index contributed by atoms with van der Waals surface area (Å²) in [5.74, 6) is -0.0488. The van der Waals surface area contributed by atoms with Gasteiger partial charge in [0.2, 0.25) is 0 Å². The Morgan fingerprint density at radius 1 is 1.04 bits per heavy atom. The van der Waals surface area contributed by atoms with Gasteiger partial charge in [0.15, 0.2) is 5.13 Å². The van der Waals surface area contributed by atoms with Crippen molar-refractivity contribution in [3.8, 4) is 0 Å². The summed E-state index contributed by atoms with van der Waals surface area (Å²) in [6, 6.07) is 13.2. The minimum atomic E-state index is -0.0488. The van der Waals surface area contributed by atoms with Gasteiger partial charge in [-0.25, -0.2) is 4.98 Å². The van der Waals surface area contributed by atoms with Crippen molar-refractivity contribution in [2.45, 2.75) is 0 Å². The van der Waals surface area contributed by atoms with Crippen molar-refractivity contribution >= 4 is 49.9 Å². The van der Waals surface area contributed by atoms with Crippen LogP contribution in [0, 0.1) is 0 Å². The quantitative estimate of drug-likeness (QED) is 0.618. The molecule has 7 heteroatoms. The molecule has 1 aromatic heterocycles. The number of aromatic nitrogens is 1. The van der Waals surface area contributed by atoms with Crippen LogP contribution in [0.25, 0.3) is 10.2 Å². The third-order valence-corrected chi connectivity index (χ3v) is 5.49. The predicted molar refractivity (Wildman–Crippen MR) is 116 cm³/mol. The monoisotopic (exact) mass is 402 g/mol. The first-order valence-corrected chi connectivity index (χ1v) is 9.84. The van der Waals surface area contributed by atoms with Crippen molar-refractivity contribution < 1.29 is 4.79 Å². The molecule has 3 rings (SSSR count). The Labute approximate surface area is 168 Å². The van der Waals surface area contributed by atoms with E-state index in [1.54, 1.807) is 4.90 Å². The molecule has 5 nitrogen and oxygen atoms in total. The van der Waals surface area contributed by atoms with Crippen LogP contribution < -0.4 is 9.80 Å². The number of halogens is 1. The predicted octanol–water partition coefficient (Wildman–Crippen LogP) is 4.22. The molecule has 0 N–H and O–H groups in total. The number of hydrogen-bond acceptors (Lipinski definition) is 5. The Balaban J connectivity index is 1.94. The average Bonchev–Trinajstić information content (AvgIpc) is 3.04. The molecule has 0 atom stereocenters. The van der Waals surface area contributed by atoms with Crippen LogP contribution in [0.2, 0.25) is 5.02 Å². The van der Waals surface area contributed by atoms with Gasteiger partial charge in [-0.3, -0.25) is 9.69 Å². The molecule has 0 bridgehead atoms. The number of carbonyl (C=O) groups is 1. The summed E-state index contributed by atoms with van der Waals surface area (Å²) in [6.45, 7) is 1.31. The number of amides is 1. The zero-order chi connectivity index (χ0) is 19.6. The van der Waals surface area contributed by atoms with Crippen molar-refractivity contribution in [2.75, 3.05) is 51.1 Å². The summed E-state index contributed by atoms with van der Waals surface area (Å²) in [5, 5.41) is 1.36. The maximum absolute atomic E-state index is 13.2. The van der Waals surface area contributed by atoms with Crippen LogP contribution in [-0.4, -0.2) is 57.1 Å². The van der Waals surface area contributed by atoms with E-state index in [0.717, 1.165) is 22.4 Å². The molecular weight excluding hydrogens is 380 g/mol. The summed E-state index contributed by atoms with van der Waals surface area (Å²) in [6.07, 6.45) is 0. The first-order valence-electron chi connectivity index (χ1n) is 8.65. The molecule has 0 fully saturated rings. The normalized spacial score (nSPS) is 11.2. The molecule has 0 aliphatic heterocycles. The van der Waals surface area contributed by atoms with Crippen molar-refractivity contribution in [3.63, 3.8) is 0 Å². The fraction of sp³-hybridized carbons (Fsp3) is 0.300. The Morgan fingerprint density at radius 2 is 1.74 bits per heavy atom. The van der Waals surface area contributed by atoms with Gasteiger partial charge in [0.1, 0.15) is 0 Å². The fourth-order valence-electron chi connectivity index (χ4n) is 2.64. The van der Waals surface area contributed by atoms with E-state index in [1.165, 1.54) is 11.3 Å². The van der Waals surface area contributed by atoms with Gasteiger partial charge in [-0.05, 0) is 56.6 Å². The lowest BCUT2D eigenvalue weighted by Gasteiger charge is -2.22. The van der Waals surface area contributed by atoms with Crippen LogP contribution in [0.4, 0.5) is 10.8 Å². The van der Waals surface area contributed by atoms with E-state index >= 15 is 0 Å². The van der Waals surface area contributed by atoms with Crippen molar-refractivity contribution in [2.24, 2.45) is 0 Å². The second-order valence-electron chi connectivity index (χ2n) is 6.81. The molecule has 3 aromatic rings. The van der Waals surface area contributed by atoms with Gasteiger partial charge >= 0.3 is 0 Å². The lowest BCUT2D eigenvalue weighted by atomic mass is 10.1. The van der Waals surface area contributed by atoms with Crippen molar-refractivity contribution in [1.29, 1.82) is 0 Å². The smallest absolute Gasteiger partial charge is 0.260 e. The number of hydrogen-bond donors (Lipinski definition) is 0. The zero-order valence-corrected chi connectivity index (χ0v) is 17.5. The number of thiazole rings is 1. The van der Waals surface area contributed by atoms with Crippen molar-refractivity contribution in [1.82, 2.24) is 9.88 Å². The molecule has 2 aromatic carbocycles. The van der Waals surface area contributed by atoms with Crippen LogP contribution in [0.5, 0.6) is 0 Å². The third kappa shape index (κ3) is 4.58. The van der Waals surface area contributed by atoms with Gasteiger partial charge in [0.25, 0.3) is 5.91 Å².